The maximum atomic E-state index is 12.2. The Morgan fingerprint density at radius 1 is 0.816 bits per heavy atom. The molecule has 3 aromatic carbocycles. The number of rotatable bonds is 6. The van der Waals surface area contributed by atoms with Crippen LogP contribution in [0.5, 0.6) is 11.5 Å². The lowest BCUT2D eigenvalue weighted by Gasteiger charge is -2.30. The number of carbonyl (C=O) groups excluding carboxylic acids is 2. The molecule has 8 nitrogen and oxygen atoms in total. The van der Waals surface area contributed by atoms with Crippen LogP contribution < -0.4 is 14.8 Å². The number of hydrogen-bond acceptors (Lipinski definition) is 8. The van der Waals surface area contributed by atoms with Crippen LogP contribution in [-0.2, 0) is 9.47 Å². The molecule has 0 spiro atoms. The zero-order valence-electron chi connectivity index (χ0n) is 20.0. The van der Waals surface area contributed by atoms with E-state index in [0.29, 0.717) is 43.3 Å². The Labute approximate surface area is 238 Å². The van der Waals surface area contributed by atoms with E-state index in [-0.39, 0.29) is 29.7 Å². The minimum absolute atomic E-state index is 0.122. The largest absolute Gasteiger partial charge is 0.513 e. The third-order valence-electron chi connectivity index (χ3n) is 5.26. The van der Waals surface area contributed by atoms with Gasteiger partial charge in [-0.2, -0.15) is 0 Å². The molecule has 0 aliphatic carbocycles. The molecule has 1 N–H and O–H groups in total. The van der Waals surface area contributed by atoms with Crippen LogP contribution in [0.25, 0.3) is 0 Å². The summed E-state index contributed by atoms with van der Waals surface area (Å²) in [5, 5.41) is 4.66. The number of anilines is 1. The molecule has 0 saturated carbocycles. The van der Waals surface area contributed by atoms with Gasteiger partial charge in [0.25, 0.3) is 0 Å². The number of benzene rings is 3. The van der Waals surface area contributed by atoms with Crippen LogP contribution in [0, 0.1) is 0 Å². The summed E-state index contributed by atoms with van der Waals surface area (Å²) in [7, 11) is 0. The molecular weight excluding hydrogens is 578 g/mol. The highest BCUT2D eigenvalue weighted by Crippen LogP contribution is 2.44. The van der Waals surface area contributed by atoms with Gasteiger partial charge in [-0.05, 0) is 62.4 Å². The quantitative estimate of drug-likeness (QED) is 0.224. The number of nitrogens with one attached hydrogen (secondary N) is 1. The molecule has 1 unspecified atom stereocenters. The molecule has 1 atom stereocenters. The number of fused-ring (bicyclic) bond motifs is 1. The average molecular weight is 598 g/mol. The number of nitrogens with zero attached hydrogens (tertiary/aromatic N) is 1. The maximum Gasteiger partial charge on any atom is 0.513 e. The summed E-state index contributed by atoms with van der Waals surface area (Å²) in [6.07, 6.45) is -1.80. The minimum atomic E-state index is -0.902. The fourth-order valence-electron chi connectivity index (χ4n) is 3.71. The Bertz CT molecular complexity index is 1430. The van der Waals surface area contributed by atoms with E-state index in [1.165, 1.54) is 12.1 Å². The molecule has 38 heavy (non-hydrogen) atoms. The molecule has 1 aliphatic rings. The highest BCUT2D eigenvalue weighted by molar-refractivity contribution is 6.42. The molecule has 1 heterocycles. The van der Waals surface area contributed by atoms with Gasteiger partial charge in [0.1, 0.15) is 11.5 Å². The first-order valence-electron chi connectivity index (χ1n) is 11.3. The molecule has 4 rings (SSSR count). The standard InChI is InChI=1S/C26H20Cl4N2O6/c1-3-35-25(33)37-21-7-5-13(27)9-15(21)23-24(32-20-12-18(30)17(29)11-19(20)31-23)16-10-14(28)6-8-22(16)38-26(34)36-4-2/h5-12,23,31H,3-4H2,1-2H3. The molecule has 0 saturated heterocycles. The van der Waals surface area contributed by atoms with Crippen molar-refractivity contribution in [2.75, 3.05) is 18.5 Å². The van der Waals surface area contributed by atoms with Gasteiger partial charge in [-0.25, -0.2) is 14.6 Å². The van der Waals surface area contributed by atoms with Gasteiger partial charge >= 0.3 is 12.3 Å². The smallest absolute Gasteiger partial charge is 0.434 e. The van der Waals surface area contributed by atoms with Crippen LogP contribution in [0.1, 0.15) is 31.0 Å². The lowest BCUT2D eigenvalue weighted by molar-refractivity contribution is 0.103. The van der Waals surface area contributed by atoms with E-state index in [2.05, 4.69) is 5.32 Å². The molecule has 0 bridgehead atoms. The molecular formula is C26H20Cl4N2O6. The van der Waals surface area contributed by atoms with Crippen molar-refractivity contribution in [3.63, 3.8) is 0 Å². The van der Waals surface area contributed by atoms with Gasteiger partial charge in [-0.3, -0.25) is 0 Å². The number of hydrogen-bond donors (Lipinski definition) is 1. The third kappa shape index (κ3) is 6.27. The fraction of sp³-hybridized carbons (Fsp3) is 0.192. The first-order chi connectivity index (χ1) is 18.2. The van der Waals surface area contributed by atoms with Crippen LogP contribution in [0.3, 0.4) is 0 Å². The maximum absolute atomic E-state index is 12.2. The van der Waals surface area contributed by atoms with Crippen LogP contribution in [0.4, 0.5) is 21.0 Å². The van der Waals surface area contributed by atoms with Gasteiger partial charge in [0.15, 0.2) is 0 Å². The first-order valence-corrected chi connectivity index (χ1v) is 12.8. The van der Waals surface area contributed by atoms with Crippen LogP contribution in [-0.4, -0.2) is 31.2 Å². The lowest BCUT2D eigenvalue weighted by atomic mass is 9.93. The Morgan fingerprint density at radius 3 is 2.05 bits per heavy atom. The van der Waals surface area contributed by atoms with Crippen molar-refractivity contribution in [2.45, 2.75) is 19.9 Å². The van der Waals surface area contributed by atoms with Crippen molar-refractivity contribution in [3.8, 4) is 11.5 Å². The van der Waals surface area contributed by atoms with Gasteiger partial charge in [-0.15, -0.1) is 0 Å². The second-order valence-corrected chi connectivity index (χ2v) is 9.44. The fourth-order valence-corrected chi connectivity index (χ4v) is 4.38. The highest BCUT2D eigenvalue weighted by atomic mass is 35.5. The van der Waals surface area contributed by atoms with E-state index in [9.17, 15) is 9.59 Å². The number of halogens is 4. The van der Waals surface area contributed by atoms with Gasteiger partial charge < -0.3 is 24.3 Å². The van der Waals surface area contributed by atoms with Gasteiger partial charge in [0.05, 0.1) is 46.4 Å². The van der Waals surface area contributed by atoms with Crippen molar-refractivity contribution in [2.24, 2.45) is 4.99 Å². The Morgan fingerprint density at radius 2 is 1.39 bits per heavy atom. The van der Waals surface area contributed by atoms with E-state index in [1.54, 1.807) is 50.2 Å². The summed E-state index contributed by atoms with van der Waals surface area (Å²) in [6.45, 7) is 3.56. The first kappa shape index (κ1) is 27.9. The topological polar surface area (TPSA) is 95.5 Å². The second kappa shape index (κ2) is 12.1. The van der Waals surface area contributed by atoms with Crippen LogP contribution >= 0.6 is 46.4 Å². The predicted octanol–water partition coefficient (Wildman–Crippen LogP) is 8.66. The van der Waals surface area contributed by atoms with E-state index in [0.717, 1.165) is 0 Å². The summed E-state index contributed by atoms with van der Waals surface area (Å²) in [6, 6.07) is 11.8. The normalized spacial score (nSPS) is 14.1. The number of ether oxygens (including phenoxy) is 4. The summed E-state index contributed by atoms with van der Waals surface area (Å²) in [4.78, 5) is 29.2. The lowest BCUT2D eigenvalue weighted by Crippen LogP contribution is -2.27. The average Bonchev–Trinajstić information content (AvgIpc) is 2.86. The Balaban J connectivity index is 1.92. The monoisotopic (exact) mass is 596 g/mol. The van der Waals surface area contributed by atoms with Gasteiger partial charge in [-0.1, -0.05) is 46.4 Å². The molecule has 0 radical (unpaired) electrons. The molecule has 0 fully saturated rings. The van der Waals surface area contributed by atoms with E-state index in [1.807, 2.05) is 0 Å². The SMILES string of the molecule is CCOC(=O)Oc1ccc(Cl)cc1C1=Nc2cc(Cl)c(Cl)cc2NC1c1cc(Cl)ccc1OC(=O)OCC. The third-order valence-corrected chi connectivity index (χ3v) is 6.46. The van der Waals surface area contributed by atoms with Crippen molar-refractivity contribution < 1.29 is 28.5 Å². The Kier molecular flexibility index (Phi) is 8.89. The molecule has 1 aliphatic heterocycles. The van der Waals surface area contributed by atoms with Gasteiger partial charge in [0.2, 0.25) is 0 Å². The predicted molar refractivity (Wildman–Crippen MR) is 147 cm³/mol. The number of carbonyl (C=O) groups is 2. The van der Waals surface area contributed by atoms with E-state index in [4.69, 9.17) is 70.3 Å². The van der Waals surface area contributed by atoms with E-state index < -0.39 is 18.4 Å². The molecule has 198 valence electrons. The van der Waals surface area contributed by atoms with Gasteiger partial charge in [0, 0.05) is 21.2 Å². The zero-order valence-corrected chi connectivity index (χ0v) is 23.0. The van der Waals surface area contributed by atoms with Crippen molar-refractivity contribution >= 4 is 75.8 Å². The van der Waals surface area contributed by atoms with E-state index >= 15 is 0 Å². The Hall–Kier alpha value is -3.17. The molecule has 3 aromatic rings. The minimum Gasteiger partial charge on any atom is -0.434 e. The summed E-state index contributed by atoms with van der Waals surface area (Å²) in [5.74, 6) is 0.299. The van der Waals surface area contributed by atoms with Crippen molar-refractivity contribution in [1.29, 1.82) is 0 Å². The zero-order chi connectivity index (χ0) is 27.4. The van der Waals surface area contributed by atoms with Crippen molar-refractivity contribution in [3.05, 3.63) is 79.7 Å². The highest BCUT2D eigenvalue weighted by Gasteiger charge is 2.32. The molecule has 12 heteroatoms. The second-order valence-electron chi connectivity index (χ2n) is 7.75. The summed E-state index contributed by atoms with van der Waals surface area (Å²) in [5.41, 5.74) is 2.16. The summed E-state index contributed by atoms with van der Waals surface area (Å²) < 4.78 is 20.8. The van der Waals surface area contributed by atoms with Crippen LogP contribution in [0.15, 0.2) is 53.5 Å². The van der Waals surface area contributed by atoms with Crippen LogP contribution in [0.2, 0.25) is 20.1 Å². The number of aliphatic imine (C=N–C) groups is 1. The molecule has 0 aromatic heterocycles. The molecule has 0 amide bonds. The summed E-state index contributed by atoms with van der Waals surface area (Å²) >= 11 is 25.2. The van der Waals surface area contributed by atoms with Crippen molar-refractivity contribution in [1.82, 2.24) is 0 Å².